The van der Waals surface area contributed by atoms with Crippen LogP contribution in [-0.4, -0.2) is 34.6 Å². The highest BCUT2D eigenvalue weighted by molar-refractivity contribution is 5.93. The van der Waals surface area contributed by atoms with E-state index in [4.69, 9.17) is 5.11 Å². The van der Waals surface area contributed by atoms with E-state index in [1.165, 1.54) is 31.4 Å². The number of hydrogen-bond donors (Lipinski definition) is 2. The second-order valence-corrected chi connectivity index (χ2v) is 5.63. The number of rotatable bonds is 4. The normalized spacial score (nSPS) is 11.3. The highest BCUT2D eigenvalue weighted by Gasteiger charge is 2.35. The smallest absolute Gasteiger partial charge is 0.329 e. The van der Waals surface area contributed by atoms with E-state index in [0.29, 0.717) is 11.6 Å². The zero-order valence-electron chi connectivity index (χ0n) is 12.6. The molecule has 2 N–H and O–H groups in total. The van der Waals surface area contributed by atoms with Gasteiger partial charge < -0.3 is 15.3 Å². The molecule has 0 radical (unpaired) electrons. The molecule has 0 aliphatic heterocycles. The van der Waals surface area contributed by atoms with Crippen LogP contribution in [0.2, 0.25) is 0 Å². The second-order valence-electron chi connectivity index (χ2n) is 5.63. The van der Waals surface area contributed by atoms with Gasteiger partial charge in [0.1, 0.15) is 5.54 Å². The van der Waals surface area contributed by atoms with Crippen LogP contribution in [0, 0.1) is 0 Å². The molecule has 0 aliphatic carbocycles. The number of carboxylic acids is 1. The molecule has 0 spiro atoms. The molecule has 0 bridgehead atoms. The molecule has 1 rings (SSSR count). The fourth-order valence-corrected chi connectivity index (χ4v) is 1.56. The summed E-state index contributed by atoms with van der Waals surface area (Å²) in [6, 6.07) is 7.07. The first kappa shape index (κ1) is 16.0. The molecule has 2 amide bonds. The first-order valence-electron chi connectivity index (χ1n) is 6.54. The number of carbonyl (C=O) groups excluding carboxylic acids is 1. The molecule has 5 nitrogen and oxygen atoms in total. The van der Waals surface area contributed by atoms with E-state index >= 15 is 0 Å². The molecule has 20 heavy (non-hydrogen) atoms. The Morgan fingerprint density at radius 3 is 2.10 bits per heavy atom. The Kier molecular flexibility index (Phi) is 4.76. The van der Waals surface area contributed by atoms with Crippen molar-refractivity contribution in [3.63, 3.8) is 0 Å². The van der Waals surface area contributed by atoms with Gasteiger partial charge in [-0.05, 0) is 37.5 Å². The number of carbonyl (C=O) groups is 2. The molecule has 0 saturated carbocycles. The average molecular weight is 278 g/mol. The number of hydrogen-bond acceptors (Lipinski definition) is 2. The molecule has 1 aromatic carbocycles. The summed E-state index contributed by atoms with van der Waals surface area (Å²) in [6.07, 6.45) is 0. The van der Waals surface area contributed by atoms with E-state index in [0.717, 1.165) is 0 Å². The monoisotopic (exact) mass is 278 g/mol. The van der Waals surface area contributed by atoms with E-state index in [1.807, 2.05) is 24.3 Å². The van der Waals surface area contributed by atoms with Crippen LogP contribution in [0.1, 0.15) is 39.2 Å². The van der Waals surface area contributed by atoms with Crippen LogP contribution in [0.4, 0.5) is 10.5 Å². The lowest BCUT2D eigenvalue weighted by atomic mass is 10.0. The first-order valence-corrected chi connectivity index (χ1v) is 6.54. The second kappa shape index (κ2) is 5.94. The molecule has 0 unspecified atom stereocenters. The number of carboxylic acid groups (broad SMARTS) is 1. The van der Waals surface area contributed by atoms with Crippen molar-refractivity contribution in [1.82, 2.24) is 4.90 Å². The summed E-state index contributed by atoms with van der Waals surface area (Å²) < 4.78 is 0. The minimum absolute atomic E-state index is 0.424. The van der Waals surface area contributed by atoms with Crippen molar-refractivity contribution in [1.29, 1.82) is 0 Å². The Balaban J connectivity index is 2.78. The number of anilines is 1. The van der Waals surface area contributed by atoms with Crippen molar-refractivity contribution in [3.05, 3.63) is 29.8 Å². The van der Waals surface area contributed by atoms with Crippen LogP contribution < -0.4 is 5.32 Å². The van der Waals surface area contributed by atoms with E-state index < -0.39 is 17.5 Å². The molecule has 0 saturated heterocycles. The number of nitrogens with zero attached hydrogens (tertiary/aromatic N) is 1. The van der Waals surface area contributed by atoms with Crippen LogP contribution in [0.3, 0.4) is 0 Å². The van der Waals surface area contributed by atoms with E-state index in [1.54, 1.807) is 0 Å². The molecule has 0 atom stereocenters. The Morgan fingerprint density at radius 2 is 1.70 bits per heavy atom. The third-order valence-electron chi connectivity index (χ3n) is 3.50. The minimum atomic E-state index is -1.26. The molecule has 0 aliphatic rings. The number of amides is 2. The lowest BCUT2D eigenvalue weighted by molar-refractivity contribution is -0.146. The van der Waals surface area contributed by atoms with Gasteiger partial charge in [0.2, 0.25) is 0 Å². The van der Waals surface area contributed by atoms with Gasteiger partial charge in [-0.2, -0.15) is 0 Å². The summed E-state index contributed by atoms with van der Waals surface area (Å²) in [5.41, 5.74) is 0.566. The highest BCUT2D eigenvalue weighted by Crippen LogP contribution is 2.19. The van der Waals surface area contributed by atoms with Crippen LogP contribution >= 0.6 is 0 Å². The van der Waals surface area contributed by atoms with E-state index in [9.17, 15) is 9.59 Å². The van der Waals surface area contributed by atoms with E-state index in [-0.39, 0.29) is 0 Å². The maximum Gasteiger partial charge on any atom is 0.329 e. The van der Waals surface area contributed by atoms with Crippen LogP contribution in [0.25, 0.3) is 0 Å². The predicted molar refractivity (Wildman–Crippen MR) is 79.0 cm³/mol. The SMILES string of the molecule is CC(C)c1ccc(NC(=O)N(C)C(C)(C)C(=O)O)cc1. The van der Waals surface area contributed by atoms with Gasteiger partial charge >= 0.3 is 12.0 Å². The molecular formula is C15H22N2O3. The number of likely N-dealkylation sites (N-methyl/N-ethyl adjacent to an activating group) is 1. The van der Waals surface area contributed by atoms with Crippen molar-refractivity contribution >= 4 is 17.7 Å². The fraction of sp³-hybridized carbons (Fsp3) is 0.467. The molecular weight excluding hydrogens is 256 g/mol. The predicted octanol–water partition coefficient (Wildman–Crippen LogP) is 3.14. The zero-order chi connectivity index (χ0) is 15.5. The molecule has 110 valence electrons. The number of urea groups is 1. The summed E-state index contributed by atoms with van der Waals surface area (Å²) >= 11 is 0. The van der Waals surface area contributed by atoms with Gasteiger partial charge in [-0.15, -0.1) is 0 Å². The topological polar surface area (TPSA) is 69.6 Å². The Morgan fingerprint density at radius 1 is 1.20 bits per heavy atom. The van der Waals surface area contributed by atoms with Crippen molar-refractivity contribution in [2.24, 2.45) is 0 Å². The van der Waals surface area contributed by atoms with Gasteiger partial charge in [0.15, 0.2) is 0 Å². The largest absolute Gasteiger partial charge is 0.480 e. The van der Waals surface area contributed by atoms with Crippen molar-refractivity contribution in [3.8, 4) is 0 Å². The van der Waals surface area contributed by atoms with Crippen molar-refractivity contribution in [2.75, 3.05) is 12.4 Å². The third-order valence-corrected chi connectivity index (χ3v) is 3.50. The van der Waals surface area contributed by atoms with Gasteiger partial charge in [0.05, 0.1) is 0 Å². The van der Waals surface area contributed by atoms with Gasteiger partial charge in [-0.1, -0.05) is 26.0 Å². The summed E-state index contributed by atoms with van der Waals surface area (Å²) in [5.74, 6) is -0.626. The average Bonchev–Trinajstić information content (AvgIpc) is 2.38. The maximum atomic E-state index is 12.0. The Bertz CT molecular complexity index is 492. The molecule has 1 aromatic rings. The quantitative estimate of drug-likeness (QED) is 0.889. The van der Waals surface area contributed by atoms with Crippen LogP contribution in [0.5, 0.6) is 0 Å². The summed E-state index contributed by atoms with van der Waals surface area (Å²) in [5, 5.41) is 11.8. The van der Waals surface area contributed by atoms with Crippen LogP contribution in [0.15, 0.2) is 24.3 Å². The van der Waals surface area contributed by atoms with Gasteiger partial charge in [-0.25, -0.2) is 9.59 Å². The first-order chi connectivity index (χ1) is 9.16. The zero-order valence-corrected chi connectivity index (χ0v) is 12.6. The van der Waals surface area contributed by atoms with Gasteiger partial charge in [0.25, 0.3) is 0 Å². The lowest BCUT2D eigenvalue weighted by Gasteiger charge is -2.31. The fourth-order valence-electron chi connectivity index (χ4n) is 1.56. The number of benzene rings is 1. The Hall–Kier alpha value is -2.04. The summed E-state index contributed by atoms with van der Waals surface area (Å²) in [7, 11) is 1.46. The van der Waals surface area contributed by atoms with Crippen LogP contribution in [-0.2, 0) is 4.79 Å². The van der Waals surface area contributed by atoms with E-state index in [2.05, 4.69) is 19.2 Å². The lowest BCUT2D eigenvalue weighted by Crippen LogP contribution is -2.52. The summed E-state index contributed by atoms with van der Waals surface area (Å²) in [6.45, 7) is 7.15. The molecule has 0 aromatic heterocycles. The highest BCUT2D eigenvalue weighted by atomic mass is 16.4. The molecule has 0 heterocycles. The number of nitrogens with one attached hydrogen (secondary N) is 1. The summed E-state index contributed by atoms with van der Waals surface area (Å²) in [4.78, 5) is 24.3. The van der Waals surface area contributed by atoms with Crippen molar-refractivity contribution in [2.45, 2.75) is 39.2 Å². The van der Waals surface area contributed by atoms with Gasteiger partial charge in [0, 0.05) is 12.7 Å². The molecule has 5 heteroatoms. The number of aliphatic carboxylic acids is 1. The molecule has 0 fully saturated rings. The standard InChI is InChI=1S/C15H22N2O3/c1-10(2)11-6-8-12(9-7-11)16-14(20)17(5)15(3,4)13(18)19/h6-10H,1-5H3,(H,16,20)(H,18,19). The minimum Gasteiger partial charge on any atom is -0.480 e. The van der Waals surface area contributed by atoms with Crippen molar-refractivity contribution < 1.29 is 14.7 Å². The van der Waals surface area contributed by atoms with Gasteiger partial charge in [-0.3, -0.25) is 0 Å². The maximum absolute atomic E-state index is 12.0. The Labute approximate surface area is 119 Å². The third kappa shape index (κ3) is 3.50.